The zero-order chi connectivity index (χ0) is 19.3. The third kappa shape index (κ3) is 5.23. The second-order valence-electron chi connectivity index (χ2n) is 6.91. The Labute approximate surface area is 158 Å². The van der Waals surface area contributed by atoms with Crippen molar-refractivity contribution in [2.75, 3.05) is 19.0 Å². The third-order valence-corrected chi connectivity index (χ3v) is 4.15. The van der Waals surface area contributed by atoms with Crippen LogP contribution in [0.3, 0.4) is 0 Å². The summed E-state index contributed by atoms with van der Waals surface area (Å²) < 4.78 is 5.06. The van der Waals surface area contributed by atoms with Crippen LogP contribution in [0.5, 0.6) is 5.75 Å². The van der Waals surface area contributed by atoms with Crippen LogP contribution < -0.4 is 15.4 Å². The fourth-order valence-corrected chi connectivity index (χ4v) is 2.59. The molecule has 0 aliphatic carbocycles. The number of ether oxygens (including phenoxy) is 1. The maximum Gasteiger partial charge on any atom is 0.251 e. The fourth-order valence-electron chi connectivity index (χ4n) is 2.33. The van der Waals surface area contributed by atoms with Gasteiger partial charge in [-0.15, -0.1) is 0 Å². The normalized spacial score (nSPS) is 11.0. The SMILES string of the molecule is COc1ccc(NC(=O)CNC(=O)c2ccc(C(C)(C)C)cc2)cc1Cl. The highest BCUT2D eigenvalue weighted by Crippen LogP contribution is 2.27. The number of carbonyl (C=O) groups is 2. The predicted octanol–water partition coefficient (Wildman–Crippen LogP) is 4.01. The highest BCUT2D eigenvalue weighted by Gasteiger charge is 2.14. The Morgan fingerprint density at radius 1 is 1.08 bits per heavy atom. The summed E-state index contributed by atoms with van der Waals surface area (Å²) in [7, 11) is 1.52. The minimum atomic E-state index is -0.342. The van der Waals surface area contributed by atoms with E-state index in [0.717, 1.165) is 5.56 Å². The lowest BCUT2D eigenvalue weighted by Crippen LogP contribution is -2.32. The number of benzene rings is 2. The van der Waals surface area contributed by atoms with Gasteiger partial charge in [-0.05, 0) is 41.3 Å². The Kier molecular flexibility index (Phi) is 6.27. The lowest BCUT2D eigenvalue weighted by atomic mass is 9.87. The minimum absolute atomic E-state index is 0.0224. The van der Waals surface area contributed by atoms with Gasteiger partial charge < -0.3 is 15.4 Å². The number of halogens is 1. The van der Waals surface area contributed by atoms with Crippen LogP contribution in [0.1, 0.15) is 36.7 Å². The van der Waals surface area contributed by atoms with Gasteiger partial charge in [0.05, 0.1) is 18.7 Å². The van der Waals surface area contributed by atoms with Crippen LogP contribution in [0.15, 0.2) is 42.5 Å². The standard InChI is InChI=1S/C20H23ClN2O3/c1-20(2,3)14-7-5-13(6-8-14)19(25)22-12-18(24)23-15-9-10-17(26-4)16(21)11-15/h5-11H,12H2,1-4H3,(H,22,25)(H,23,24). The summed E-state index contributed by atoms with van der Waals surface area (Å²) in [5, 5.41) is 5.68. The van der Waals surface area contributed by atoms with Gasteiger partial charge in [-0.2, -0.15) is 0 Å². The Morgan fingerprint density at radius 2 is 1.73 bits per heavy atom. The first-order valence-electron chi connectivity index (χ1n) is 8.23. The van der Waals surface area contributed by atoms with Crippen molar-refractivity contribution in [3.63, 3.8) is 0 Å². The second-order valence-corrected chi connectivity index (χ2v) is 7.31. The van der Waals surface area contributed by atoms with Gasteiger partial charge in [-0.3, -0.25) is 9.59 Å². The van der Waals surface area contributed by atoms with Crippen molar-refractivity contribution < 1.29 is 14.3 Å². The molecule has 0 bridgehead atoms. The lowest BCUT2D eigenvalue weighted by Gasteiger charge is -2.19. The van der Waals surface area contributed by atoms with Crippen LogP contribution in [0.25, 0.3) is 0 Å². The van der Waals surface area contributed by atoms with Crippen molar-refractivity contribution in [3.8, 4) is 5.75 Å². The third-order valence-electron chi connectivity index (χ3n) is 3.86. The van der Waals surface area contributed by atoms with Crippen LogP contribution >= 0.6 is 11.6 Å². The molecule has 0 heterocycles. The molecular formula is C20H23ClN2O3. The van der Waals surface area contributed by atoms with Gasteiger partial charge >= 0.3 is 0 Å². The molecule has 0 unspecified atom stereocenters. The van der Waals surface area contributed by atoms with E-state index in [4.69, 9.17) is 16.3 Å². The highest BCUT2D eigenvalue weighted by molar-refractivity contribution is 6.32. The van der Waals surface area contributed by atoms with Crippen molar-refractivity contribution in [2.24, 2.45) is 0 Å². The van der Waals surface area contributed by atoms with Gasteiger partial charge in [-0.1, -0.05) is 44.5 Å². The number of hydrogen-bond acceptors (Lipinski definition) is 3. The molecule has 0 radical (unpaired) electrons. The molecule has 2 N–H and O–H groups in total. The number of carbonyl (C=O) groups excluding carboxylic acids is 2. The molecule has 2 aromatic carbocycles. The zero-order valence-electron chi connectivity index (χ0n) is 15.4. The molecule has 0 aliphatic rings. The van der Waals surface area contributed by atoms with E-state index < -0.39 is 0 Å². The Morgan fingerprint density at radius 3 is 2.27 bits per heavy atom. The van der Waals surface area contributed by atoms with E-state index in [0.29, 0.717) is 22.0 Å². The maximum atomic E-state index is 12.2. The summed E-state index contributed by atoms with van der Waals surface area (Å²) >= 11 is 6.02. The summed E-state index contributed by atoms with van der Waals surface area (Å²) in [6.45, 7) is 6.19. The van der Waals surface area contributed by atoms with Gasteiger partial charge in [-0.25, -0.2) is 0 Å². The fraction of sp³-hybridized carbons (Fsp3) is 0.300. The van der Waals surface area contributed by atoms with Crippen molar-refractivity contribution >= 4 is 29.1 Å². The van der Waals surface area contributed by atoms with Gasteiger partial charge in [0.15, 0.2) is 0 Å². The molecule has 0 aromatic heterocycles. The Hall–Kier alpha value is -2.53. The molecule has 2 amide bonds. The first-order valence-corrected chi connectivity index (χ1v) is 8.60. The molecule has 0 fully saturated rings. The number of amides is 2. The average molecular weight is 375 g/mol. The Balaban J connectivity index is 1.90. The lowest BCUT2D eigenvalue weighted by molar-refractivity contribution is -0.115. The number of hydrogen-bond donors (Lipinski definition) is 2. The summed E-state index contributed by atoms with van der Waals surface area (Å²) in [4.78, 5) is 24.2. The van der Waals surface area contributed by atoms with Gasteiger partial charge in [0.25, 0.3) is 5.91 Å². The summed E-state index contributed by atoms with van der Waals surface area (Å²) in [5.41, 5.74) is 2.21. The van der Waals surface area contributed by atoms with E-state index in [1.807, 2.05) is 12.1 Å². The molecule has 0 atom stereocenters. The molecule has 26 heavy (non-hydrogen) atoms. The quantitative estimate of drug-likeness (QED) is 0.830. The van der Waals surface area contributed by atoms with E-state index >= 15 is 0 Å². The number of rotatable bonds is 5. The van der Waals surface area contributed by atoms with Gasteiger partial charge in [0, 0.05) is 11.3 Å². The molecule has 0 aliphatic heterocycles. The maximum absolute atomic E-state index is 12.2. The molecule has 2 rings (SSSR count). The van der Waals surface area contributed by atoms with Crippen molar-refractivity contribution in [3.05, 3.63) is 58.6 Å². The molecule has 0 saturated carbocycles. The van der Waals surface area contributed by atoms with Crippen LogP contribution in [0, 0.1) is 0 Å². The molecule has 138 valence electrons. The van der Waals surface area contributed by atoms with E-state index in [1.54, 1.807) is 30.3 Å². The topological polar surface area (TPSA) is 67.4 Å². The van der Waals surface area contributed by atoms with Crippen LogP contribution in [0.2, 0.25) is 5.02 Å². The molecule has 5 nitrogen and oxygen atoms in total. The Bertz CT molecular complexity index is 796. The zero-order valence-corrected chi connectivity index (χ0v) is 16.1. The van der Waals surface area contributed by atoms with Crippen LogP contribution in [-0.4, -0.2) is 25.5 Å². The first-order chi connectivity index (χ1) is 12.2. The van der Waals surface area contributed by atoms with E-state index in [1.165, 1.54) is 7.11 Å². The highest BCUT2D eigenvalue weighted by atomic mass is 35.5. The number of nitrogens with one attached hydrogen (secondary N) is 2. The summed E-state index contributed by atoms with van der Waals surface area (Å²) in [6.07, 6.45) is 0. The summed E-state index contributed by atoms with van der Waals surface area (Å²) in [5.74, 6) is -0.115. The largest absolute Gasteiger partial charge is 0.495 e. The molecule has 6 heteroatoms. The van der Waals surface area contributed by atoms with Crippen molar-refractivity contribution in [2.45, 2.75) is 26.2 Å². The second kappa shape index (κ2) is 8.23. The van der Waals surface area contributed by atoms with Crippen molar-refractivity contribution in [1.82, 2.24) is 5.32 Å². The van der Waals surface area contributed by atoms with Crippen LogP contribution in [-0.2, 0) is 10.2 Å². The molecule has 2 aromatic rings. The van der Waals surface area contributed by atoms with E-state index in [2.05, 4.69) is 31.4 Å². The average Bonchev–Trinajstić information content (AvgIpc) is 2.59. The molecular weight excluding hydrogens is 352 g/mol. The first kappa shape index (κ1) is 19.8. The van der Waals surface area contributed by atoms with Gasteiger partial charge in [0.2, 0.25) is 5.91 Å². The molecule has 0 saturated heterocycles. The monoisotopic (exact) mass is 374 g/mol. The summed E-state index contributed by atoms with van der Waals surface area (Å²) in [6, 6.07) is 12.3. The predicted molar refractivity (Wildman–Crippen MR) is 104 cm³/mol. The smallest absolute Gasteiger partial charge is 0.251 e. The molecule has 0 spiro atoms. The van der Waals surface area contributed by atoms with E-state index in [9.17, 15) is 9.59 Å². The van der Waals surface area contributed by atoms with E-state index in [-0.39, 0.29) is 23.8 Å². The van der Waals surface area contributed by atoms with Crippen LogP contribution in [0.4, 0.5) is 5.69 Å². The number of methoxy groups -OCH3 is 1. The minimum Gasteiger partial charge on any atom is -0.495 e. The number of anilines is 1. The van der Waals surface area contributed by atoms with Gasteiger partial charge in [0.1, 0.15) is 5.75 Å². The van der Waals surface area contributed by atoms with Crippen molar-refractivity contribution in [1.29, 1.82) is 0 Å².